The van der Waals surface area contributed by atoms with Gasteiger partial charge in [-0.05, 0) is 38.1 Å². The van der Waals surface area contributed by atoms with E-state index in [4.69, 9.17) is 5.11 Å². The molecular formula is C13H15F2NO3S. The highest BCUT2D eigenvalue weighted by Crippen LogP contribution is 2.25. The van der Waals surface area contributed by atoms with Crippen molar-refractivity contribution >= 4 is 23.6 Å². The van der Waals surface area contributed by atoms with Crippen molar-refractivity contribution in [2.45, 2.75) is 30.5 Å². The first kappa shape index (κ1) is 16.4. The molecule has 0 bridgehead atoms. The second-order valence-electron chi connectivity index (χ2n) is 4.29. The van der Waals surface area contributed by atoms with Crippen LogP contribution in [-0.2, 0) is 4.79 Å². The average molecular weight is 303 g/mol. The molecule has 20 heavy (non-hydrogen) atoms. The summed E-state index contributed by atoms with van der Waals surface area (Å²) in [6, 6.07) is 5.18. The van der Waals surface area contributed by atoms with E-state index in [1.165, 1.54) is 31.2 Å². The zero-order valence-electron chi connectivity index (χ0n) is 11.0. The van der Waals surface area contributed by atoms with Crippen LogP contribution in [0.2, 0.25) is 0 Å². The summed E-state index contributed by atoms with van der Waals surface area (Å²) in [7, 11) is 0. The van der Waals surface area contributed by atoms with E-state index < -0.39 is 29.6 Å². The highest BCUT2D eigenvalue weighted by molar-refractivity contribution is 7.99. The number of aliphatic carboxylic acids is 1. The van der Waals surface area contributed by atoms with Crippen molar-refractivity contribution in [1.29, 1.82) is 0 Å². The smallest absolute Gasteiger partial charge is 0.308 e. The predicted molar refractivity (Wildman–Crippen MR) is 72.0 cm³/mol. The molecule has 2 unspecified atom stereocenters. The lowest BCUT2D eigenvalue weighted by Gasteiger charge is -2.17. The number of nitrogens with one attached hydrogen (secondary N) is 1. The second-order valence-corrected chi connectivity index (χ2v) is 5.36. The quantitative estimate of drug-likeness (QED) is 0.793. The van der Waals surface area contributed by atoms with Gasteiger partial charge in [0.05, 0.1) is 5.92 Å². The van der Waals surface area contributed by atoms with Crippen LogP contribution >= 0.6 is 11.8 Å². The van der Waals surface area contributed by atoms with Crippen molar-refractivity contribution in [2.75, 3.05) is 0 Å². The third kappa shape index (κ3) is 4.80. The Morgan fingerprint density at radius 1 is 1.20 bits per heavy atom. The van der Waals surface area contributed by atoms with Crippen LogP contribution in [0.5, 0.6) is 0 Å². The summed E-state index contributed by atoms with van der Waals surface area (Å²) in [5, 5.41) is 11.4. The maximum atomic E-state index is 12.1. The lowest BCUT2D eigenvalue weighted by molar-refractivity contribution is -0.141. The molecule has 2 atom stereocenters. The van der Waals surface area contributed by atoms with Gasteiger partial charge >= 0.3 is 5.97 Å². The maximum Gasteiger partial charge on any atom is 0.308 e. The van der Waals surface area contributed by atoms with Gasteiger partial charge in [0.25, 0.3) is 11.7 Å². The van der Waals surface area contributed by atoms with Gasteiger partial charge in [0.1, 0.15) is 0 Å². The Balaban J connectivity index is 2.66. The van der Waals surface area contributed by atoms with Crippen LogP contribution in [0.4, 0.5) is 8.78 Å². The molecule has 0 saturated heterocycles. The molecule has 0 aliphatic heterocycles. The van der Waals surface area contributed by atoms with Gasteiger partial charge in [-0.25, -0.2) is 0 Å². The summed E-state index contributed by atoms with van der Waals surface area (Å²) < 4.78 is 24.3. The number of amides is 1. The molecule has 1 rings (SSSR count). The van der Waals surface area contributed by atoms with Crippen LogP contribution in [0.15, 0.2) is 29.2 Å². The molecule has 0 aromatic heterocycles. The fourth-order valence-electron chi connectivity index (χ4n) is 1.42. The fourth-order valence-corrected chi connectivity index (χ4v) is 1.92. The molecule has 4 nitrogen and oxygen atoms in total. The normalized spacial score (nSPS) is 13.8. The molecule has 110 valence electrons. The Morgan fingerprint density at radius 3 is 2.20 bits per heavy atom. The van der Waals surface area contributed by atoms with Gasteiger partial charge in [-0.1, -0.05) is 11.8 Å². The molecule has 1 amide bonds. The van der Waals surface area contributed by atoms with Gasteiger partial charge in [0, 0.05) is 16.5 Å². The Labute approximate surface area is 119 Å². The minimum absolute atomic E-state index is 0.299. The van der Waals surface area contributed by atoms with Crippen LogP contribution < -0.4 is 5.32 Å². The Morgan fingerprint density at radius 2 is 1.75 bits per heavy atom. The van der Waals surface area contributed by atoms with E-state index in [-0.39, 0.29) is 0 Å². The van der Waals surface area contributed by atoms with Crippen molar-refractivity contribution < 1.29 is 23.5 Å². The molecule has 0 spiro atoms. The van der Waals surface area contributed by atoms with Crippen LogP contribution in [0.3, 0.4) is 0 Å². The van der Waals surface area contributed by atoms with Gasteiger partial charge in [0.15, 0.2) is 0 Å². The van der Waals surface area contributed by atoms with E-state index in [2.05, 4.69) is 5.32 Å². The van der Waals surface area contributed by atoms with E-state index in [9.17, 15) is 18.4 Å². The summed E-state index contributed by atoms with van der Waals surface area (Å²) in [4.78, 5) is 23.0. The molecule has 1 aromatic carbocycles. The Hall–Kier alpha value is -1.63. The van der Waals surface area contributed by atoms with E-state index in [1.54, 1.807) is 6.92 Å². The molecule has 0 saturated carbocycles. The van der Waals surface area contributed by atoms with Gasteiger partial charge in [-0.15, -0.1) is 0 Å². The van der Waals surface area contributed by atoms with Gasteiger partial charge in [0.2, 0.25) is 0 Å². The molecular weight excluding hydrogens is 288 g/mol. The van der Waals surface area contributed by atoms with E-state index in [0.29, 0.717) is 22.2 Å². The van der Waals surface area contributed by atoms with Crippen molar-refractivity contribution in [1.82, 2.24) is 5.32 Å². The summed E-state index contributed by atoms with van der Waals surface area (Å²) in [5.41, 5.74) is 0.299. The SMILES string of the molecule is CC(NC(=O)c1ccc(SC(F)F)cc1)C(C)C(=O)O. The van der Waals surface area contributed by atoms with Crippen molar-refractivity contribution in [3.63, 3.8) is 0 Å². The molecule has 7 heteroatoms. The summed E-state index contributed by atoms with van der Waals surface area (Å²) in [6.07, 6.45) is 0. The zero-order chi connectivity index (χ0) is 15.3. The van der Waals surface area contributed by atoms with Crippen molar-refractivity contribution in [3.8, 4) is 0 Å². The number of carboxylic acids is 1. The molecule has 0 radical (unpaired) electrons. The van der Waals surface area contributed by atoms with Crippen LogP contribution in [0, 0.1) is 5.92 Å². The number of alkyl halides is 2. The molecule has 0 aliphatic rings. The summed E-state index contributed by atoms with van der Waals surface area (Å²) in [5.74, 6) is -4.65. The standard InChI is InChI=1S/C13H15F2NO3S/c1-7(12(18)19)8(2)16-11(17)9-3-5-10(6-4-9)20-13(14)15/h3-8,13H,1-2H3,(H,16,17)(H,18,19). The zero-order valence-corrected chi connectivity index (χ0v) is 11.8. The molecule has 2 N–H and O–H groups in total. The van der Waals surface area contributed by atoms with Crippen LogP contribution in [0.25, 0.3) is 0 Å². The minimum atomic E-state index is -2.51. The van der Waals surface area contributed by atoms with Crippen molar-refractivity contribution in [2.24, 2.45) is 5.92 Å². The summed E-state index contributed by atoms with van der Waals surface area (Å²) >= 11 is 0.399. The Kier molecular flexibility index (Phi) is 5.94. The molecule has 0 aliphatic carbocycles. The average Bonchev–Trinajstić information content (AvgIpc) is 2.37. The fraction of sp³-hybridized carbons (Fsp3) is 0.385. The minimum Gasteiger partial charge on any atom is -0.481 e. The largest absolute Gasteiger partial charge is 0.481 e. The number of hydrogen-bond acceptors (Lipinski definition) is 3. The molecule has 0 heterocycles. The first-order chi connectivity index (χ1) is 9.31. The van der Waals surface area contributed by atoms with Crippen LogP contribution in [0.1, 0.15) is 24.2 Å². The first-order valence-corrected chi connectivity index (χ1v) is 6.77. The van der Waals surface area contributed by atoms with E-state index >= 15 is 0 Å². The van der Waals surface area contributed by atoms with Crippen LogP contribution in [-0.4, -0.2) is 28.8 Å². The predicted octanol–water partition coefficient (Wildman–Crippen LogP) is 2.84. The summed E-state index contributed by atoms with van der Waals surface area (Å²) in [6.45, 7) is 3.09. The van der Waals surface area contributed by atoms with Gasteiger partial charge in [-0.3, -0.25) is 9.59 Å². The number of thioether (sulfide) groups is 1. The lowest BCUT2D eigenvalue weighted by atomic mass is 10.0. The maximum absolute atomic E-state index is 12.1. The molecule has 1 aromatic rings. The number of hydrogen-bond donors (Lipinski definition) is 2. The number of rotatable bonds is 6. The third-order valence-electron chi connectivity index (χ3n) is 2.84. The van der Waals surface area contributed by atoms with E-state index in [0.717, 1.165) is 0 Å². The highest BCUT2D eigenvalue weighted by Gasteiger charge is 2.21. The number of halogens is 2. The third-order valence-corrected chi connectivity index (χ3v) is 3.56. The number of benzene rings is 1. The number of carboxylic acid groups (broad SMARTS) is 1. The van der Waals surface area contributed by atoms with Gasteiger partial charge in [-0.2, -0.15) is 8.78 Å². The second kappa shape index (κ2) is 7.23. The Bertz CT molecular complexity index is 479. The number of carbonyl (C=O) groups is 2. The monoisotopic (exact) mass is 303 g/mol. The van der Waals surface area contributed by atoms with E-state index in [1.807, 2.05) is 0 Å². The topological polar surface area (TPSA) is 66.4 Å². The first-order valence-electron chi connectivity index (χ1n) is 5.89. The highest BCUT2D eigenvalue weighted by atomic mass is 32.2. The van der Waals surface area contributed by atoms with Crippen molar-refractivity contribution in [3.05, 3.63) is 29.8 Å². The molecule has 0 fully saturated rings. The lowest BCUT2D eigenvalue weighted by Crippen LogP contribution is -2.40. The van der Waals surface area contributed by atoms with Gasteiger partial charge < -0.3 is 10.4 Å². The number of carbonyl (C=O) groups excluding carboxylic acids is 1.